The molecule has 0 bridgehead atoms. The maximum Gasteiger partial charge on any atom is 0.316 e. The van der Waals surface area contributed by atoms with E-state index in [0.717, 1.165) is 0 Å². The Labute approximate surface area is 142 Å². The van der Waals surface area contributed by atoms with Crippen molar-refractivity contribution in [3.8, 4) is 6.01 Å². The molecule has 0 unspecified atom stereocenters. The van der Waals surface area contributed by atoms with Gasteiger partial charge in [-0.2, -0.15) is 0 Å². The Hall–Kier alpha value is -1.70. The number of carbonyl (C=O) groups excluding carboxylic acids is 1. The molecule has 0 N–H and O–H groups in total. The Morgan fingerprint density at radius 1 is 1.38 bits per heavy atom. The summed E-state index contributed by atoms with van der Waals surface area (Å²) in [5.74, 6) is 0.324. The lowest BCUT2D eigenvalue weighted by molar-refractivity contribution is -0.138. The van der Waals surface area contributed by atoms with Crippen LogP contribution in [0.1, 0.15) is 26.7 Å². The van der Waals surface area contributed by atoms with Gasteiger partial charge in [0.25, 0.3) is 0 Å². The second-order valence-electron chi connectivity index (χ2n) is 7.06. The monoisotopic (exact) mass is 353 g/mol. The third kappa shape index (κ3) is 2.99. The Morgan fingerprint density at radius 2 is 2.04 bits per heavy atom. The fraction of sp³-hybridized carbons (Fsp3) is 0.688. The van der Waals surface area contributed by atoms with Gasteiger partial charge in [-0.15, -0.1) is 0 Å². The normalized spacial score (nSPS) is 24.1. The van der Waals surface area contributed by atoms with Gasteiger partial charge in [0.2, 0.25) is 5.91 Å². The van der Waals surface area contributed by atoms with Gasteiger partial charge in [-0.05, 0) is 18.4 Å². The molecule has 2 aliphatic heterocycles. The number of hydrogen-bond donors (Lipinski definition) is 0. The third-order valence-electron chi connectivity index (χ3n) is 4.91. The van der Waals surface area contributed by atoms with Crippen molar-refractivity contribution >= 4 is 15.7 Å². The van der Waals surface area contributed by atoms with Crippen molar-refractivity contribution in [2.75, 3.05) is 25.4 Å². The zero-order chi connectivity index (χ0) is 17.4. The highest BCUT2D eigenvalue weighted by Gasteiger charge is 2.62. The van der Waals surface area contributed by atoms with Crippen molar-refractivity contribution in [1.29, 1.82) is 0 Å². The maximum atomic E-state index is 12.6. The molecule has 0 radical (unpaired) electrons. The molecule has 0 aromatic carbocycles. The fourth-order valence-electron chi connectivity index (χ4n) is 3.50. The summed E-state index contributed by atoms with van der Waals surface area (Å²) in [6.07, 6.45) is 4.18. The highest BCUT2D eigenvalue weighted by atomic mass is 32.2. The minimum absolute atomic E-state index is 0.0313. The van der Waals surface area contributed by atoms with Crippen LogP contribution in [0.4, 0.5) is 0 Å². The molecule has 2 fully saturated rings. The van der Waals surface area contributed by atoms with E-state index in [2.05, 4.69) is 9.97 Å². The Kier molecular flexibility index (Phi) is 4.50. The largest absolute Gasteiger partial charge is 0.463 e. The average Bonchev–Trinajstić information content (AvgIpc) is 2.74. The molecule has 0 saturated carbocycles. The number of hydrogen-bond acceptors (Lipinski definition) is 6. The van der Waals surface area contributed by atoms with Gasteiger partial charge in [0.15, 0.2) is 9.84 Å². The molecule has 1 spiro atoms. The minimum atomic E-state index is -3.21. The summed E-state index contributed by atoms with van der Waals surface area (Å²) in [5.41, 5.74) is 0. The van der Waals surface area contributed by atoms with Crippen molar-refractivity contribution in [3.63, 3.8) is 0 Å². The zero-order valence-electron chi connectivity index (χ0n) is 14.0. The van der Waals surface area contributed by atoms with Crippen LogP contribution in [0.15, 0.2) is 18.5 Å². The SMILES string of the molecule is CC(C)CC(=O)N1CC2(C1)[C@@H](COc1ncccn1)CCS2(=O)=O. The lowest BCUT2D eigenvalue weighted by atomic mass is 9.83. The molecule has 3 heterocycles. The summed E-state index contributed by atoms with van der Waals surface area (Å²) in [6, 6.07) is 1.95. The summed E-state index contributed by atoms with van der Waals surface area (Å²) in [7, 11) is -3.21. The molecule has 0 aliphatic carbocycles. The molecule has 132 valence electrons. The quantitative estimate of drug-likeness (QED) is 0.782. The molecule has 2 aliphatic rings. The van der Waals surface area contributed by atoms with Crippen molar-refractivity contribution < 1.29 is 17.9 Å². The Morgan fingerprint density at radius 3 is 2.67 bits per heavy atom. The second kappa shape index (κ2) is 6.31. The number of rotatable bonds is 5. The third-order valence-corrected chi connectivity index (χ3v) is 7.51. The molecule has 24 heavy (non-hydrogen) atoms. The van der Waals surface area contributed by atoms with Crippen LogP contribution in [0.2, 0.25) is 0 Å². The lowest BCUT2D eigenvalue weighted by Crippen LogP contribution is -2.69. The van der Waals surface area contributed by atoms with Crippen LogP contribution in [0.25, 0.3) is 0 Å². The van der Waals surface area contributed by atoms with E-state index in [1.807, 2.05) is 13.8 Å². The number of carbonyl (C=O) groups is 1. The molecule has 8 heteroatoms. The van der Waals surface area contributed by atoms with Gasteiger partial charge in [0.1, 0.15) is 4.75 Å². The van der Waals surface area contributed by atoms with E-state index < -0.39 is 14.6 Å². The average molecular weight is 353 g/mol. The fourth-order valence-corrected chi connectivity index (χ4v) is 5.90. The van der Waals surface area contributed by atoms with Crippen LogP contribution in [0, 0.1) is 11.8 Å². The van der Waals surface area contributed by atoms with Crippen LogP contribution in [0.5, 0.6) is 6.01 Å². The predicted molar refractivity (Wildman–Crippen MR) is 88.2 cm³/mol. The van der Waals surface area contributed by atoms with Crippen molar-refractivity contribution in [2.24, 2.45) is 11.8 Å². The summed E-state index contributed by atoms with van der Waals surface area (Å²) in [6.45, 7) is 4.79. The summed E-state index contributed by atoms with van der Waals surface area (Å²) in [4.78, 5) is 21.8. The van der Waals surface area contributed by atoms with Gasteiger partial charge in [-0.3, -0.25) is 4.79 Å². The lowest BCUT2D eigenvalue weighted by Gasteiger charge is -2.50. The van der Waals surface area contributed by atoms with E-state index in [0.29, 0.717) is 12.8 Å². The van der Waals surface area contributed by atoms with Gasteiger partial charge in [-0.1, -0.05) is 13.8 Å². The molecular weight excluding hydrogens is 330 g/mol. The van der Waals surface area contributed by atoms with Gasteiger partial charge < -0.3 is 9.64 Å². The number of likely N-dealkylation sites (tertiary alicyclic amines) is 1. The van der Waals surface area contributed by atoms with Gasteiger partial charge >= 0.3 is 6.01 Å². The second-order valence-corrected chi connectivity index (χ2v) is 9.51. The molecular formula is C16H23N3O4S. The Bertz CT molecular complexity index is 699. The number of amides is 1. The van der Waals surface area contributed by atoms with Crippen LogP contribution in [-0.4, -0.2) is 59.4 Å². The molecule has 7 nitrogen and oxygen atoms in total. The van der Waals surface area contributed by atoms with Crippen molar-refractivity contribution in [3.05, 3.63) is 18.5 Å². The molecule has 1 amide bonds. The first kappa shape index (κ1) is 17.1. The van der Waals surface area contributed by atoms with Gasteiger partial charge in [0, 0.05) is 37.8 Å². The van der Waals surface area contributed by atoms with Crippen molar-refractivity contribution in [2.45, 2.75) is 31.4 Å². The molecule has 1 aromatic rings. The number of ether oxygens (including phenoxy) is 1. The van der Waals surface area contributed by atoms with Crippen molar-refractivity contribution in [1.82, 2.24) is 14.9 Å². The number of aromatic nitrogens is 2. The van der Waals surface area contributed by atoms with Crippen LogP contribution < -0.4 is 4.74 Å². The standard InChI is InChI=1S/C16H23N3O4S/c1-12(2)8-14(20)19-10-16(11-19)13(4-7-24(16,21)22)9-23-15-17-5-3-6-18-15/h3,5-6,12-13H,4,7-11H2,1-2H3/t13-/m1/s1. The molecule has 1 aromatic heterocycles. The summed E-state index contributed by atoms with van der Waals surface area (Å²) in [5, 5.41) is 0. The first-order valence-corrected chi connectivity index (χ1v) is 9.89. The highest BCUT2D eigenvalue weighted by Crippen LogP contribution is 2.45. The van der Waals surface area contributed by atoms with Crippen LogP contribution in [0.3, 0.4) is 0 Å². The molecule has 1 atom stereocenters. The predicted octanol–water partition coefficient (Wildman–Crippen LogP) is 0.917. The van der Waals surface area contributed by atoms with Crippen LogP contribution in [-0.2, 0) is 14.6 Å². The number of sulfone groups is 1. The van der Waals surface area contributed by atoms with E-state index in [-0.39, 0.29) is 49.2 Å². The maximum absolute atomic E-state index is 12.6. The summed E-state index contributed by atoms with van der Waals surface area (Å²) < 4.78 is 29.8. The van der Waals surface area contributed by atoms with Gasteiger partial charge in [0.05, 0.1) is 12.4 Å². The smallest absolute Gasteiger partial charge is 0.316 e. The van der Waals surface area contributed by atoms with E-state index in [9.17, 15) is 13.2 Å². The Balaban J connectivity index is 1.67. The first-order chi connectivity index (χ1) is 11.3. The topological polar surface area (TPSA) is 89.5 Å². The van der Waals surface area contributed by atoms with E-state index in [4.69, 9.17) is 4.74 Å². The first-order valence-electron chi connectivity index (χ1n) is 8.24. The number of nitrogens with zero attached hydrogens (tertiary/aromatic N) is 3. The van der Waals surface area contributed by atoms with E-state index in [1.165, 1.54) is 0 Å². The van der Waals surface area contributed by atoms with Crippen LogP contribution >= 0.6 is 0 Å². The minimum Gasteiger partial charge on any atom is -0.463 e. The zero-order valence-corrected chi connectivity index (χ0v) is 14.8. The van der Waals surface area contributed by atoms with E-state index >= 15 is 0 Å². The summed E-state index contributed by atoms with van der Waals surface area (Å²) >= 11 is 0. The molecule has 3 rings (SSSR count). The van der Waals surface area contributed by atoms with Gasteiger partial charge in [-0.25, -0.2) is 18.4 Å². The van der Waals surface area contributed by atoms with E-state index in [1.54, 1.807) is 23.4 Å². The molecule has 2 saturated heterocycles. The highest BCUT2D eigenvalue weighted by molar-refractivity contribution is 7.93.